The third-order valence-corrected chi connectivity index (χ3v) is 3.91. The topological polar surface area (TPSA) is 68.3 Å². The van der Waals surface area contributed by atoms with Crippen LogP contribution in [0.25, 0.3) is 0 Å². The van der Waals surface area contributed by atoms with Crippen LogP contribution in [-0.2, 0) is 25.6 Å². The van der Waals surface area contributed by atoms with Gasteiger partial charge in [-0.2, -0.15) is 0 Å². The molecule has 0 heterocycles. The van der Waals surface area contributed by atoms with Crippen LogP contribution >= 0.6 is 0 Å². The highest BCUT2D eigenvalue weighted by Crippen LogP contribution is 2.06. The van der Waals surface area contributed by atoms with Crippen LogP contribution in [0, 0.1) is 5.92 Å². The largest absolute Gasteiger partial charge is 0.300 e. The van der Waals surface area contributed by atoms with Gasteiger partial charge in [-0.15, -0.1) is 0 Å². The van der Waals surface area contributed by atoms with Crippen LogP contribution in [0.1, 0.15) is 141 Å². The fourth-order valence-electron chi connectivity index (χ4n) is 2.15. The maximum absolute atomic E-state index is 10.9. The number of hydrogen-bond acceptors (Lipinski definition) is 4. The summed E-state index contributed by atoms with van der Waals surface area (Å²) in [7, 11) is 0. The lowest BCUT2D eigenvalue weighted by Crippen LogP contribution is -2.18. The highest BCUT2D eigenvalue weighted by atomic mass is 16.2. The number of ketones is 4. The van der Waals surface area contributed by atoms with E-state index in [-0.39, 0.29) is 29.1 Å². The van der Waals surface area contributed by atoms with Crippen LogP contribution in [0.15, 0.2) is 30.3 Å². The van der Waals surface area contributed by atoms with Crippen molar-refractivity contribution < 1.29 is 19.2 Å². The zero-order valence-electron chi connectivity index (χ0n) is 26.5. The molecule has 0 fully saturated rings. The van der Waals surface area contributed by atoms with Crippen molar-refractivity contribution >= 4 is 23.1 Å². The van der Waals surface area contributed by atoms with Gasteiger partial charge in [0.25, 0.3) is 0 Å². The molecule has 0 N–H and O–H groups in total. The Morgan fingerprint density at radius 1 is 0.639 bits per heavy atom. The number of carbonyl (C=O) groups is 4. The molecule has 0 amide bonds. The Hall–Kier alpha value is -2.10. The molecule has 0 aliphatic heterocycles. The summed E-state index contributed by atoms with van der Waals surface area (Å²) < 4.78 is 0. The van der Waals surface area contributed by atoms with Gasteiger partial charge in [0.2, 0.25) is 5.78 Å². The Kier molecular flexibility index (Phi) is 56.3. The van der Waals surface area contributed by atoms with E-state index in [1.165, 1.54) is 19.8 Å². The number of hydrogen-bond donors (Lipinski definition) is 0. The first kappa shape index (κ1) is 47.1. The Bertz CT molecular complexity index is 575. The molecule has 1 atom stereocenters. The average molecular weight is 511 g/mol. The third-order valence-electron chi connectivity index (χ3n) is 3.91. The normalized spacial score (nSPS) is 8.83. The summed E-state index contributed by atoms with van der Waals surface area (Å²) >= 11 is 0. The molecule has 4 heteroatoms. The third kappa shape index (κ3) is 49.1. The van der Waals surface area contributed by atoms with E-state index in [1.54, 1.807) is 20.8 Å². The number of rotatable bonds is 9. The van der Waals surface area contributed by atoms with Crippen molar-refractivity contribution in [2.24, 2.45) is 5.92 Å². The van der Waals surface area contributed by atoms with Crippen molar-refractivity contribution in [1.29, 1.82) is 0 Å². The number of Topliss-reactive ketones (excluding diaryl/α,β-unsaturated/α-hetero) is 4. The fourth-order valence-corrected chi connectivity index (χ4v) is 2.15. The molecule has 4 nitrogen and oxygen atoms in total. The van der Waals surface area contributed by atoms with Crippen molar-refractivity contribution in [3.8, 4) is 0 Å². The predicted molar refractivity (Wildman–Crippen MR) is 161 cm³/mol. The SMILES string of the molecule is CC.CC.CC.CC(=O)Cc1ccccc1.CCCC.CCCC(C)=O.CCCC(C)C(=O)C(C)=O. The lowest BCUT2D eigenvalue weighted by Gasteiger charge is -2.03. The molecule has 214 valence electrons. The number of unbranched alkanes of at least 4 members (excludes halogenated alkanes) is 1. The van der Waals surface area contributed by atoms with E-state index in [2.05, 4.69) is 13.8 Å². The smallest absolute Gasteiger partial charge is 0.200 e. The van der Waals surface area contributed by atoms with E-state index >= 15 is 0 Å². The zero-order valence-corrected chi connectivity index (χ0v) is 26.5. The molecule has 1 unspecified atom stereocenters. The van der Waals surface area contributed by atoms with Gasteiger partial charge in [0.15, 0.2) is 5.78 Å². The number of carbonyl (C=O) groups excluding carboxylic acids is 4. The molecule has 0 saturated heterocycles. The molecular weight excluding hydrogens is 448 g/mol. The van der Waals surface area contributed by atoms with E-state index in [1.807, 2.05) is 85.7 Å². The first-order valence-corrected chi connectivity index (χ1v) is 14.1. The van der Waals surface area contributed by atoms with E-state index in [0.717, 1.165) is 31.2 Å². The molecule has 1 aromatic rings. The van der Waals surface area contributed by atoms with E-state index in [4.69, 9.17) is 0 Å². The minimum Gasteiger partial charge on any atom is -0.300 e. The van der Waals surface area contributed by atoms with Gasteiger partial charge in [0.1, 0.15) is 11.6 Å². The van der Waals surface area contributed by atoms with Gasteiger partial charge in [-0.3, -0.25) is 14.4 Å². The van der Waals surface area contributed by atoms with Crippen LogP contribution < -0.4 is 0 Å². The van der Waals surface area contributed by atoms with Crippen LogP contribution in [-0.4, -0.2) is 23.1 Å². The molecule has 1 aromatic carbocycles. The summed E-state index contributed by atoms with van der Waals surface area (Å²) in [6.45, 7) is 26.7. The van der Waals surface area contributed by atoms with Gasteiger partial charge in [0, 0.05) is 25.7 Å². The molecule has 0 saturated carbocycles. The van der Waals surface area contributed by atoms with Crippen molar-refractivity contribution in [2.75, 3.05) is 0 Å². The van der Waals surface area contributed by atoms with Crippen LogP contribution in [0.4, 0.5) is 0 Å². The van der Waals surface area contributed by atoms with Gasteiger partial charge in [-0.05, 0) is 32.3 Å². The molecular formula is C32H62O4. The number of benzene rings is 1. The summed E-state index contributed by atoms with van der Waals surface area (Å²) in [5.74, 6) is -0.131. The van der Waals surface area contributed by atoms with Crippen LogP contribution in [0.5, 0.6) is 0 Å². The van der Waals surface area contributed by atoms with Crippen molar-refractivity contribution in [2.45, 2.75) is 142 Å². The molecule has 0 aromatic heterocycles. The standard InChI is InChI=1S/C9H10O.C8H14O2.C5H10O.C4H10.3C2H6/c1-8(10)7-9-5-3-2-4-6-9;1-4-5-6(2)8(10)7(3)9;1-3-4-5(2)6;1-3-4-2;3*1-2/h2-6H,7H2,1H3;6H,4-5H2,1-3H3;3-4H2,1-2H3;3-4H2,1-2H3;3*1-2H3. The van der Waals surface area contributed by atoms with E-state index < -0.39 is 0 Å². The summed E-state index contributed by atoms with van der Waals surface area (Å²) in [6.07, 6.45) is 6.69. The lowest BCUT2D eigenvalue weighted by atomic mass is 9.99. The molecule has 36 heavy (non-hydrogen) atoms. The Morgan fingerprint density at radius 2 is 1.06 bits per heavy atom. The van der Waals surface area contributed by atoms with Crippen molar-refractivity contribution in [3.05, 3.63) is 35.9 Å². The Morgan fingerprint density at radius 3 is 1.28 bits per heavy atom. The molecule has 0 radical (unpaired) electrons. The molecule has 1 rings (SSSR count). The molecule has 0 aliphatic carbocycles. The highest BCUT2D eigenvalue weighted by molar-refractivity contribution is 6.36. The second-order valence-corrected chi connectivity index (χ2v) is 7.43. The van der Waals surface area contributed by atoms with Crippen LogP contribution in [0.3, 0.4) is 0 Å². The fraction of sp³-hybridized carbons (Fsp3) is 0.688. The van der Waals surface area contributed by atoms with Gasteiger partial charge < -0.3 is 4.79 Å². The monoisotopic (exact) mass is 510 g/mol. The second kappa shape index (κ2) is 43.0. The maximum Gasteiger partial charge on any atom is 0.200 e. The van der Waals surface area contributed by atoms with Crippen LogP contribution in [0.2, 0.25) is 0 Å². The highest BCUT2D eigenvalue weighted by Gasteiger charge is 2.15. The average Bonchev–Trinajstić information content (AvgIpc) is 2.88. The Balaban J connectivity index is -0.0000000810. The minimum absolute atomic E-state index is 0.0810. The summed E-state index contributed by atoms with van der Waals surface area (Å²) in [5.41, 5.74) is 1.09. The molecule has 0 spiro atoms. The van der Waals surface area contributed by atoms with Crippen molar-refractivity contribution in [3.63, 3.8) is 0 Å². The van der Waals surface area contributed by atoms with E-state index in [0.29, 0.717) is 6.42 Å². The van der Waals surface area contributed by atoms with Crippen molar-refractivity contribution in [1.82, 2.24) is 0 Å². The van der Waals surface area contributed by atoms with Gasteiger partial charge in [-0.1, -0.05) is 126 Å². The summed E-state index contributed by atoms with van der Waals surface area (Å²) in [4.78, 5) is 42.1. The second-order valence-electron chi connectivity index (χ2n) is 7.43. The summed E-state index contributed by atoms with van der Waals surface area (Å²) in [5, 5.41) is 0. The van der Waals surface area contributed by atoms with Gasteiger partial charge >= 0.3 is 0 Å². The first-order chi connectivity index (χ1) is 17.1. The predicted octanol–water partition coefficient (Wildman–Crippen LogP) is 9.66. The first-order valence-electron chi connectivity index (χ1n) is 14.1. The molecule has 0 bridgehead atoms. The van der Waals surface area contributed by atoms with E-state index in [9.17, 15) is 19.2 Å². The minimum atomic E-state index is -0.319. The summed E-state index contributed by atoms with van der Waals surface area (Å²) in [6, 6.07) is 9.75. The maximum atomic E-state index is 10.9. The van der Waals surface area contributed by atoms with Gasteiger partial charge in [0.05, 0.1) is 0 Å². The zero-order chi connectivity index (χ0) is 29.9. The quantitative estimate of drug-likeness (QED) is 0.310. The molecule has 0 aliphatic rings. The Labute approximate surface area is 226 Å². The lowest BCUT2D eigenvalue weighted by molar-refractivity contribution is -0.137. The van der Waals surface area contributed by atoms with Gasteiger partial charge in [-0.25, -0.2) is 0 Å².